The first-order chi connectivity index (χ1) is 18.4. The molecule has 2 aromatic rings. The molecule has 2 N–H and O–H groups in total. The maximum Gasteiger partial charge on any atom is 0.335 e. The second-order valence-electron chi connectivity index (χ2n) is 10.6. The number of carboxylic acid groups (broad SMARTS) is 1. The molecule has 0 spiro atoms. The molecule has 4 rings (SSSR count). The fraction of sp³-hybridized carbons (Fsp3) is 0.533. The molecule has 204 valence electrons. The number of urea groups is 1. The van der Waals surface area contributed by atoms with Crippen LogP contribution in [0.2, 0.25) is 0 Å². The summed E-state index contributed by atoms with van der Waals surface area (Å²) in [4.78, 5) is 49.6. The predicted octanol–water partition coefficient (Wildman–Crippen LogP) is 6.03. The number of carbonyl (C=O) groups excluding carboxylic acids is 2. The van der Waals surface area contributed by atoms with Crippen LogP contribution in [0.5, 0.6) is 0 Å². The van der Waals surface area contributed by atoms with E-state index in [1.165, 1.54) is 24.2 Å². The SMILES string of the molecule is CCCCc1nc(Cc2ccc(C(=O)O)cc2)c(/C=C2/C(=O)N(CCCC)C(=O)N2CC2CCCCC2)[nH]1. The zero-order valence-electron chi connectivity index (χ0n) is 22.7. The molecule has 0 bridgehead atoms. The Bertz CT molecular complexity index is 1160. The number of imide groups is 1. The summed E-state index contributed by atoms with van der Waals surface area (Å²) in [7, 11) is 0. The van der Waals surface area contributed by atoms with Crippen molar-refractivity contribution < 1.29 is 19.5 Å². The fourth-order valence-electron chi connectivity index (χ4n) is 5.34. The minimum Gasteiger partial charge on any atom is -0.478 e. The number of carbonyl (C=O) groups is 3. The van der Waals surface area contributed by atoms with Gasteiger partial charge in [-0.25, -0.2) is 14.6 Å². The molecule has 8 nitrogen and oxygen atoms in total. The van der Waals surface area contributed by atoms with E-state index in [1.807, 2.05) is 6.08 Å². The number of carboxylic acids is 1. The molecule has 8 heteroatoms. The molecule has 2 fully saturated rings. The van der Waals surface area contributed by atoms with Crippen molar-refractivity contribution >= 4 is 24.0 Å². The molecule has 3 amide bonds. The normalized spacial score (nSPS) is 17.7. The molecule has 1 aliphatic carbocycles. The summed E-state index contributed by atoms with van der Waals surface area (Å²) in [6.07, 6.45) is 12.6. The van der Waals surface area contributed by atoms with Crippen molar-refractivity contribution in [2.75, 3.05) is 13.1 Å². The van der Waals surface area contributed by atoms with E-state index in [-0.39, 0.29) is 17.5 Å². The number of rotatable bonds is 12. The van der Waals surface area contributed by atoms with E-state index in [0.29, 0.717) is 31.1 Å². The molecule has 2 aliphatic rings. The highest BCUT2D eigenvalue weighted by atomic mass is 16.4. The largest absolute Gasteiger partial charge is 0.478 e. The van der Waals surface area contributed by atoms with Crippen LogP contribution in [0.25, 0.3) is 6.08 Å². The molecule has 1 aliphatic heterocycles. The lowest BCUT2D eigenvalue weighted by Crippen LogP contribution is -2.36. The van der Waals surface area contributed by atoms with Gasteiger partial charge in [-0.2, -0.15) is 0 Å². The molecule has 1 aromatic heterocycles. The molecule has 0 atom stereocenters. The average Bonchev–Trinajstić information content (AvgIpc) is 3.40. The highest BCUT2D eigenvalue weighted by molar-refractivity contribution is 6.13. The maximum absolute atomic E-state index is 13.5. The first-order valence-corrected chi connectivity index (χ1v) is 14.2. The number of aryl methyl sites for hydroxylation is 1. The molecular formula is C30H40N4O4. The first-order valence-electron chi connectivity index (χ1n) is 14.2. The van der Waals surface area contributed by atoms with Crippen LogP contribution < -0.4 is 0 Å². The number of amides is 3. The van der Waals surface area contributed by atoms with Gasteiger partial charge >= 0.3 is 12.0 Å². The van der Waals surface area contributed by atoms with Crippen molar-refractivity contribution in [2.24, 2.45) is 5.92 Å². The van der Waals surface area contributed by atoms with Crippen molar-refractivity contribution in [3.63, 3.8) is 0 Å². The number of aromatic amines is 1. The molecule has 1 saturated heterocycles. The van der Waals surface area contributed by atoms with Crippen LogP contribution in [-0.4, -0.2) is 55.9 Å². The predicted molar refractivity (Wildman–Crippen MR) is 147 cm³/mol. The minimum atomic E-state index is -0.960. The summed E-state index contributed by atoms with van der Waals surface area (Å²) in [6, 6.07) is 6.57. The Balaban J connectivity index is 1.67. The number of benzene rings is 1. The van der Waals surface area contributed by atoms with Gasteiger partial charge in [0.05, 0.1) is 17.0 Å². The number of hydrogen-bond acceptors (Lipinski definition) is 4. The number of hydrogen-bond donors (Lipinski definition) is 2. The molecule has 38 heavy (non-hydrogen) atoms. The van der Waals surface area contributed by atoms with Gasteiger partial charge in [0.2, 0.25) is 0 Å². The smallest absolute Gasteiger partial charge is 0.335 e. The molecule has 1 saturated carbocycles. The standard InChI is InChI=1S/C30H40N4O4/c1-3-5-12-27-31-24(18-21-13-15-23(16-14-21)29(36)37)25(32-27)19-26-28(35)33(17-6-4-2)30(38)34(26)20-22-10-8-7-9-11-22/h13-16,19,22H,3-12,17-18,20H2,1-2H3,(H,31,32)(H,36,37)/b26-19-. The van der Waals surface area contributed by atoms with Gasteiger partial charge in [0, 0.05) is 25.9 Å². The average molecular weight is 521 g/mol. The summed E-state index contributed by atoms with van der Waals surface area (Å²) in [5, 5.41) is 9.23. The molecular weight excluding hydrogens is 480 g/mol. The minimum absolute atomic E-state index is 0.211. The van der Waals surface area contributed by atoms with Crippen molar-refractivity contribution in [2.45, 2.75) is 84.5 Å². The monoisotopic (exact) mass is 520 g/mol. The van der Waals surface area contributed by atoms with Gasteiger partial charge in [0.1, 0.15) is 11.5 Å². The van der Waals surface area contributed by atoms with Crippen LogP contribution in [0, 0.1) is 5.92 Å². The Morgan fingerprint density at radius 1 is 1.05 bits per heavy atom. The summed E-state index contributed by atoms with van der Waals surface area (Å²) in [6.45, 7) is 5.19. The van der Waals surface area contributed by atoms with Gasteiger partial charge in [-0.1, -0.05) is 58.1 Å². The number of imidazole rings is 1. The van der Waals surface area contributed by atoms with Gasteiger partial charge in [-0.15, -0.1) is 0 Å². The van der Waals surface area contributed by atoms with Crippen LogP contribution in [-0.2, 0) is 17.6 Å². The quantitative estimate of drug-likeness (QED) is 0.263. The van der Waals surface area contributed by atoms with Gasteiger partial charge in [-0.3, -0.25) is 14.6 Å². The number of aromatic nitrogens is 2. The van der Waals surface area contributed by atoms with Crippen molar-refractivity contribution in [1.29, 1.82) is 0 Å². The second kappa shape index (κ2) is 12.9. The Kier molecular flexibility index (Phi) is 9.37. The van der Waals surface area contributed by atoms with E-state index >= 15 is 0 Å². The van der Waals surface area contributed by atoms with Gasteiger partial charge in [0.25, 0.3) is 5.91 Å². The fourth-order valence-corrected chi connectivity index (χ4v) is 5.34. The lowest BCUT2D eigenvalue weighted by Gasteiger charge is -2.26. The van der Waals surface area contributed by atoms with E-state index in [0.717, 1.165) is 67.7 Å². The van der Waals surface area contributed by atoms with Crippen molar-refractivity contribution in [3.05, 3.63) is 58.3 Å². The third-order valence-corrected chi connectivity index (χ3v) is 7.60. The van der Waals surface area contributed by atoms with Crippen LogP contribution in [0.4, 0.5) is 4.79 Å². The summed E-state index contributed by atoms with van der Waals surface area (Å²) >= 11 is 0. The number of nitrogens with zero attached hydrogens (tertiary/aromatic N) is 3. The highest BCUT2D eigenvalue weighted by Gasteiger charge is 2.41. The Hall–Kier alpha value is -3.42. The van der Waals surface area contributed by atoms with Gasteiger partial charge in [0.15, 0.2) is 0 Å². The second-order valence-corrected chi connectivity index (χ2v) is 10.6. The summed E-state index contributed by atoms with van der Waals surface area (Å²) < 4.78 is 0. The Morgan fingerprint density at radius 2 is 1.76 bits per heavy atom. The molecule has 2 heterocycles. The third kappa shape index (κ3) is 6.52. The number of unbranched alkanes of at least 4 members (excludes halogenated alkanes) is 2. The lowest BCUT2D eigenvalue weighted by atomic mass is 9.89. The van der Waals surface area contributed by atoms with Gasteiger partial charge < -0.3 is 10.1 Å². The first kappa shape index (κ1) is 27.6. The van der Waals surface area contributed by atoms with Crippen LogP contribution >= 0.6 is 0 Å². The van der Waals surface area contributed by atoms with Crippen molar-refractivity contribution in [1.82, 2.24) is 19.8 Å². The topological polar surface area (TPSA) is 107 Å². The number of nitrogens with one attached hydrogen (secondary N) is 1. The maximum atomic E-state index is 13.5. The molecule has 1 aromatic carbocycles. The summed E-state index contributed by atoms with van der Waals surface area (Å²) in [5.41, 5.74) is 3.12. The third-order valence-electron chi connectivity index (χ3n) is 7.60. The zero-order valence-corrected chi connectivity index (χ0v) is 22.7. The number of aromatic carboxylic acids is 1. The molecule has 0 radical (unpaired) electrons. The van der Waals surface area contributed by atoms with E-state index in [2.05, 4.69) is 18.8 Å². The van der Waals surface area contributed by atoms with E-state index in [9.17, 15) is 19.5 Å². The van der Waals surface area contributed by atoms with Gasteiger partial charge in [-0.05, 0) is 55.4 Å². The van der Waals surface area contributed by atoms with E-state index in [1.54, 1.807) is 29.2 Å². The van der Waals surface area contributed by atoms with E-state index < -0.39 is 5.97 Å². The van der Waals surface area contributed by atoms with Crippen molar-refractivity contribution in [3.8, 4) is 0 Å². The molecule has 0 unspecified atom stereocenters. The van der Waals surface area contributed by atoms with E-state index in [4.69, 9.17) is 4.98 Å². The number of H-pyrrole nitrogens is 1. The van der Waals surface area contributed by atoms with Crippen LogP contribution in [0.1, 0.15) is 105 Å². The Labute approximate surface area is 225 Å². The highest BCUT2D eigenvalue weighted by Crippen LogP contribution is 2.31. The summed E-state index contributed by atoms with van der Waals surface area (Å²) in [5.74, 6) is 0.0674. The van der Waals surface area contributed by atoms with Crippen LogP contribution in [0.15, 0.2) is 30.0 Å². The lowest BCUT2D eigenvalue weighted by molar-refractivity contribution is -0.123. The Morgan fingerprint density at radius 3 is 2.42 bits per heavy atom. The van der Waals surface area contributed by atoms with Crippen LogP contribution in [0.3, 0.4) is 0 Å². The zero-order chi connectivity index (χ0) is 27.1.